The Hall–Kier alpha value is -2.60. The lowest BCUT2D eigenvalue weighted by atomic mass is 10.1. The van der Waals surface area contributed by atoms with Crippen molar-refractivity contribution in [1.82, 2.24) is 0 Å². The molecule has 0 saturated carbocycles. The Morgan fingerprint density at radius 3 is 1.41 bits per heavy atom. The maximum Gasteiger partial charge on any atom is -0.00106 e. The zero-order valence-electron chi connectivity index (χ0n) is 12.6. The summed E-state index contributed by atoms with van der Waals surface area (Å²) >= 11 is 0. The van der Waals surface area contributed by atoms with Crippen LogP contribution in [0, 0.1) is 0 Å². The molecule has 0 saturated heterocycles. The van der Waals surface area contributed by atoms with Crippen molar-refractivity contribution in [3.8, 4) is 0 Å². The maximum atomic E-state index is 3.69. The van der Waals surface area contributed by atoms with Crippen molar-refractivity contribution in [3.63, 3.8) is 0 Å². The van der Waals surface area contributed by atoms with E-state index in [2.05, 4.69) is 37.4 Å². The Labute approximate surface area is 131 Å². The van der Waals surface area contributed by atoms with E-state index in [1.165, 1.54) is 23.6 Å². The van der Waals surface area contributed by atoms with E-state index in [-0.39, 0.29) is 0 Å². The van der Waals surface area contributed by atoms with Gasteiger partial charge in [0.15, 0.2) is 0 Å². The lowest BCUT2D eigenvalue weighted by molar-refractivity contribution is 1.53. The van der Waals surface area contributed by atoms with Crippen molar-refractivity contribution < 1.29 is 0 Å². The molecule has 0 aliphatic heterocycles. The fourth-order valence-electron chi connectivity index (χ4n) is 3.25. The van der Waals surface area contributed by atoms with Gasteiger partial charge in [-0.3, -0.25) is 0 Å². The van der Waals surface area contributed by atoms with Gasteiger partial charge in [-0.25, -0.2) is 0 Å². The minimum Gasteiger partial charge on any atom is -0.0984 e. The van der Waals surface area contributed by atoms with Gasteiger partial charge >= 0.3 is 0 Å². The molecular formula is C22H18. The SMILES string of the molecule is C=Cc1ccccc1C=C.c1ccc2c3c(c4c(c2c1)C4)C3. The number of rotatable bonds is 2. The van der Waals surface area contributed by atoms with Crippen molar-refractivity contribution in [3.05, 3.63) is 95.1 Å². The van der Waals surface area contributed by atoms with Crippen LogP contribution in [0.2, 0.25) is 0 Å². The molecule has 0 heterocycles. The van der Waals surface area contributed by atoms with E-state index in [0.717, 1.165) is 11.1 Å². The van der Waals surface area contributed by atoms with Crippen molar-refractivity contribution in [1.29, 1.82) is 0 Å². The second-order valence-corrected chi connectivity index (χ2v) is 5.85. The van der Waals surface area contributed by atoms with Crippen molar-refractivity contribution in [2.24, 2.45) is 0 Å². The smallest absolute Gasteiger partial charge is 0.00106 e. The van der Waals surface area contributed by atoms with E-state index in [1.54, 1.807) is 22.3 Å². The summed E-state index contributed by atoms with van der Waals surface area (Å²) in [6.07, 6.45) is 6.21. The van der Waals surface area contributed by atoms with E-state index in [4.69, 9.17) is 0 Å². The average Bonchev–Trinajstić information content (AvgIpc) is 3.47. The Kier molecular flexibility index (Phi) is 2.97. The molecule has 0 nitrogen and oxygen atoms in total. The van der Waals surface area contributed by atoms with Crippen LogP contribution < -0.4 is 0 Å². The van der Waals surface area contributed by atoms with Crippen LogP contribution in [0.1, 0.15) is 33.4 Å². The minimum absolute atomic E-state index is 1.14. The normalized spacial score (nSPS) is 12.5. The van der Waals surface area contributed by atoms with Crippen molar-refractivity contribution in [2.45, 2.75) is 12.8 Å². The summed E-state index contributed by atoms with van der Waals surface area (Å²) in [5.74, 6) is 0. The highest BCUT2D eigenvalue weighted by atomic mass is 14.4. The molecular weight excluding hydrogens is 264 g/mol. The van der Waals surface area contributed by atoms with Crippen LogP contribution in [0.25, 0.3) is 22.9 Å². The third kappa shape index (κ3) is 2.08. The lowest BCUT2D eigenvalue weighted by Crippen LogP contribution is -1.76. The molecule has 3 aromatic rings. The molecule has 0 spiro atoms. The average molecular weight is 282 g/mol. The largest absolute Gasteiger partial charge is 0.0984 e. The van der Waals surface area contributed by atoms with Gasteiger partial charge in [-0.15, -0.1) is 0 Å². The van der Waals surface area contributed by atoms with Gasteiger partial charge < -0.3 is 0 Å². The lowest BCUT2D eigenvalue weighted by Gasteiger charge is -1.96. The molecule has 0 N–H and O–H groups in total. The van der Waals surface area contributed by atoms with Crippen LogP contribution in [0.15, 0.2) is 61.7 Å². The van der Waals surface area contributed by atoms with Crippen LogP contribution in [-0.4, -0.2) is 0 Å². The molecule has 0 heteroatoms. The van der Waals surface area contributed by atoms with Gasteiger partial charge in [-0.2, -0.15) is 0 Å². The molecule has 0 radical (unpaired) electrons. The van der Waals surface area contributed by atoms with Crippen LogP contribution in [0.3, 0.4) is 0 Å². The van der Waals surface area contributed by atoms with Gasteiger partial charge in [-0.1, -0.05) is 73.8 Å². The zero-order chi connectivity index (χ0) is 15.1. The molecule has 22 heavy (non-hydrogen) atoms. The first-order chi connectivity index (χ1) is 10.8. The molecule has 0 amide bonds. The van der Waals surface area contributed by atoms with E-state index in [0.29, 0.717) is 0 Å². The molecule has 0 unspecified atom stereocenters. The molecule has 3 aromatic carbocycles. The first-order valence-electron chi connectivity index (χ1n) is 7.71. The number of benzene rings is 3. The summed E-state index contributed by atoms with van der Waals surface area (Å²) in [6, 6.07) is 16.8. The van der Waals surface area contributed by atoms with Gasteiger partial charge in [0, 0.05) is 0 Å². The van der Waals surface area contributed by atoms with E-state index < -0.39 is 0 Å². The second kappa shape index (κ2) is 4.99. The first kappa shape index (κ1) is 13.1. The highest BCUT2D eigenvalue weighted by Gasteiger charge is 2.34. The highest BCUT2D eigenvalue weighted by Crippen LogP contribution is 2.49. The van der Waals surface area contributed by atoms with Gasteiger partial charge in [0.25, 0.3) is 0 Å². The van der Waals surface area contributed by atoms with Gasteiger partial charge in [0.05, 0.1) is 0 Å². The van der Waals surface area contributed by atoms with Crippen LogP contribution in [-0.2, 0) is 12.8 Å². The summed E-state index contributed by atoms with van der Waals surface area (Å²) in [5.41, 5.74) is 8.87. The summed E-state index contributed by atoms with van der Waals surface area (Å²) in [6.45, 7) is 7.38. The summed E-state index contributed by atoms with van der Waals surface area (Å²) < 4.78 is 0. The van der Waals surface area contributed by atoms with Crippen LogP contribution >= 0.6 is 0 Å². The number of fused-ring (bicyclic) bond motifs is 6. The van der Waals surface area contributed by atoms with Crippen molar-refractivity contribution in [2.75, 3.05) is 0 Å². The molecule has 0 aromatic heterocycles. The molecule has 0 bridgehead atoms. The Bertz CT molecular complexity index is 837. The second-order valence-electron chi connectivity index (χ2n) is 5.85. The minimum atomic E-state index is 1.14. The van der Waals surface area contributed by atoms with Gasteiger partial charge in [0.2, 0.25) is 0 Å². The monoisotopic (exact) mass is 282 g/mol. The first-order valence-corrected chi connectivity index (χ1v) is 7.71. The Morgan fingerprint density at radius 1 is 0.591 bits per heavy atom. The fourth-order valence-corrected chi connectivity index (χ4v) is 3.25. The Morgan fingerprint density at radius 2 is 1.00 bits per heavy atom. The highest BCUT2D eigenvalue weighted by molar-refractivity contribution is 5.98. The quantitative estimate of drug-likeness (QED) is 0.394. The predicted molar refractivity (Wildman–Crippen MR) is 96.2 cm³/mol. The van der Waals surface area contributed by atoms with E-state index in [9.17, 15) is 0 Å². The van der Waals surface area contributed by atoms with Crippen molar-refractivity contribution >= 4 is 22.9 Å². The molecule has 0 atom stereocenters. The zero-order valence-corrected chi connectivity index (χ0v) is 12.6. The summed E-state index contributed by atoms with van der Waals surface area (Å²) in [4.78, 5) is 0. The summed E-state index contributed by atoms with van der Waals surface area (Å²) in [7, 11) is 0. The molecule has 2 aliphatic rings. The molecule has 2 aliphatic carbocycles. The topological polar surface area (TPSA) is 0 Å². The summed E-state index contributed by atoms with van der Waals surface area (Å²) in [5, 5.41) is 3.03. The van der Waals surface area contributed by atoms with E-state index in [1.807, 2.05) is 36.4 Å². The van der Waals surface area contributed by atoms with Gasteiger partial charge in [0.1, 0.15) is 0 Å². The number of hydrogen-bond acceptors (Lipinski definition) is 0. The van der Waals surface area contributed by atoms with Gasteiger partial charge in [-0.05, 0) is 57.0 Å². The number of hydrogen-bond donors (Lipinski definition) is 0. The predicted octanol–water partition coefficient (Wildman–Crippen LogP) is 5.62. The third-order valence-electron chi connectivity index (χ3n) is 4.56. The van der Waals surface area contributed by atoms with Crippen LogP contribution in [0.4, 0.5) is 0 Å². The molecule has 5 rings (SSSR count). The molecule has 0 fully saturated rings. The van der Waals surface area contributed by atoms with E-state index >= 15 is 0 Å². The maximum absolute atomic E-state index is 3.69. The molecule has 106 valence electrons. The van der Waals surface area contributed by atoms with Crippen LogP contribution in [0.5, 0.6) is 0 Å². The Balaban J connectivity index is 0.000000117. The standard InChI is InChI=1S/C12H8.C10H10/c1-2-4-8-7(3-1)9-5-11(9)12-6-10(8)12;1-3-9-7-5-6-8-10(9)4-2/h1-4H,5-6H2;3-8H,1-2H2. The fraction of sp³-hybridized carbons (Fsp3) is 0.0909. The third-order valence-corrected chi connectivity index (χ3v) is 4.56.